The lowest BCUT2D eigenvalue weighted by molar-refractivity contribution is -0.166. The Morgan fingerprint density at radius 3 is 2.33 bits per heavy atom. The largest absolute Gasteiger partial charge is 0.425 e. The summed E-state index contributed by atoms with van der Waals surface area (Å²) in [5.74, 6) is 1.41. The van der Waals surface area contributed by atoms with E-state index in [9.17, 15) is 9.59 Å². The molecule has 0 radical (unpaired) electrons. The summed E-state index contributed by atoms with van der Waals surface area (Å²) in [5.41, 5.74) is -2.17. The van der Waals surface area contributed by atoms with Crippen molar-refractivity contribution < 1.29 is 18.7 Å². The average molecular weight is 546 g/mol. The van der Waals surface area contributed by atoms with Crippen LogP contribution in [0.25, 0.3) is 4.85 Å². The molecule has 214 valence electrons. The van der Waals surface area contributed by atoms with E-state index in [0.29, 0.717) is 5.89 Å². The van der Waals surface area contributed by atoms with E-state index in [2.05, 4.69) is 49.7 Å². The lowest BCUT2D eigenvalue weighted by atomic mass is 9.33. The maximum Gasteiger partial charge on any atom is 0.424 e. The van der Waals surface area contributed by atoms with Gasteiger partial charge in [-0.25, -0.2) is 6.57 Å². The number of carbonyl (C=O) groups excluding carboxylic acids is 2. The molecule has 9 atom stereocenters. The van der Waals surface area contributed by atoms with Gasteiger partial charge in [0, 0.05) is 23.7 Å². The van der Waals surface area contributed by atoms with Crippen LogP contribution in [0.1, 0.15) is 105 Å². The van der Waals surface area contributed by atoms with E-state index < -0.39 is 22.7 Å². The van der Waals surface area contributed by atoms with Gasteiger partial charge in [0.05, 0.1) is 5.41 Å². The average Bonchev–Trinajstić information content (AvgIpc) is 3.50. The van der Waals surface area contributed by atoms with Crippen LogP contribution in [0.5, 0.6) is 0 Å². The Bertz CT molecular complexity index is 1430. The van der Waals surface area contributed by atoms with Crippen LogP contribution in [0.4, 0.5) is 0 Å². The molecule has 0 aromatic carbocycles. The molecule has 0 amide bonds. The number of epoxide rings is 1. The summed E-state index contributed by atoms with van der Waals surface area (Å²) < 4.78 is 12.3. The third-order valence-electron chi connectivity index (χ3n) is 13.6. The number of ketones is 2. The van der Waals surface area contributed by atoms with Crippen molar-refractivity contribution in [1.82, 2.24) is 10.2 Å². The molecule has 1 aliphatic heterocycles. The second-order valence-corrected chi connectivity index (χ2v) is 16.2. The van der Waals surface area contributed by atoms with Crippen molar-refractivity contribution in [3.8, 4) is 0 Å². The van der Waals surface area contributed by atoms with Crippen LogP contribution in [0.3, 0.4) is 0 Å². The normalized spacial score (nSPS) is 49.8. The molecule has 7 rings (SSSR count). The molecular formula is C33H43N3O4. The highest BCUT2D eigenvalue weighted by Gasteiger charge is 2.87. The fraction of sp³-hybridized carbons (Fsp3) is 0.788. The number of Topliss-reactive ketones (excluding diaryl/α,β-unsaturated/α-hetero) is 1. The van der Waals surface area contributed by atoms with Gasteiger partial charge in [-0.15, -0.1) is 10.2 Å². The van der Waals surface area contributed by atoms with Gasteiger partial charge in [0.15, 0.2) is 11.9 Å². The van der Waals surface area contributed by atoms with Crippen LogP contribution in [0, 0.1) is 58.3 Å². The molecule has 0 spiro atoms. The van der Waals surface area contributed by atoms with Crippen molar-refractivity contribution in [1.29, 1.82) is 0 Å². The molecule has 7 heteroatoms. The van der Waals surface area contributed by atoms with Gasteiger partial charge in [-0.2, -0.15) is 0 Å². The molecule has 0 N–H and O–H groups in total. The summed E-state index contributed by atoms with van der Waals surface area (Å²) in [7, 11) is 0. The number of rotatable bonds is 1. The molecule has 0 bridgehead atoms. The molecule has 40 heavy (non-hydrogen) atoms. The SMILES string of the molecule is [C-]#[N+][C@@]12O[C@@H]1[C@]1(C)C3=CC(=O)[C@@H]4[C@@H]5CC(C)(C)CC[C@]5(c5nnc(C)o5)CC[C@@]4(C)[C@]3(C)CC[C@H]1C(C)(C)C2=O. The first kappa shape index (κ1) is 26.6. The number of carbonyl (C=O) groups is 2. The Balaban J connectivity index is 1.40. The van der Waals surface area contributed by atoms with Crippen LogP contribution in [-0.2, 0) is 19.7 Å². The standard InChI is InChI=1S/C33H43N3O4/c1-18-35-36-26(39-18)32-14-12-27(2,3)17-19(32)23-20(37)16-22-29(6,30(23,7)13-15-32)11-10-21-28(4,5)24(38)33(34-9)25(40-33)31(21,22)8/h16,19,21,23,25H,10-15,17H2,1-8H3/t19-,21-,23-,25+,29+,30+,31-,32-,33-/m0/s1. The van der Waals surface area contributed by atoms with E-state index in [1.165, 1.54) is 0 Å². The van der Waals surface area contributed by atoms with Gasteiger partial charge in [0.25, 0.3) is 5.78 Å². The second kappa shape index (κ2) is 7.35. The summed E-state index contributed by atoms with van der Waals surface area (Å²) in [6.07, 6.45) is 8.10. The Kier molecular flexibility index (Phi) is 4.88. The molecule has 1 aromatic rings. The predicted octanol–water partition coefficient (Wildman–Crippen LogP) is 6.41. The molecule has 2 heterocycles. The molecule has 5 fully saturated rings. The molecule has 0 unspecified atom stereocenters. The van der Waals surface area contributed by atoms with Gasteiger partial charge in [0.1, 0.15) is 0 Å². The number of fused-ring (bicyclic) bond motifs is 9. The van der Waals surface area contributed by atoms with Crippen LogP contribution < -0.4 is 0 Å². The Morgan fingerprint density at radius 1 is 0.975 bits per heavy atom. The molecule has 4 saturated carbocycles. The molecule has 1 aromatic heterocycles. The lowest BCUT2D eigenvalue weighted by Gasteiger charge is -2.68. The fourth-order valence-electron chi connectivity index (χ4n) is 11.3. The molecule has 1 saturated heterocycles. The zero-order valence-corrected chi connectivity index (χ0v) is 25.3. The number of aromatic nitrogens is 2. The number of allylic oxidation sites excluding steroid dienone is 1. The molecule has 7 nitrogen and oxygen atoms in total. The van der Waals surface area contributed by atoms with Crippen molar-refractivity contribution >= 4 is 11.6 Å². The number of hydrogen-bond donors (Lipinski definition) is 0. The van der Waals surface area contributed by atoms with Crippen molar-refractivity contribution in [2.45, 2.75) is 118 Å². The zero-order chi connectivity index (χ0) is 28.9. The first-order valence-corrected chi connectivity index (χ1v) is 15.2. The van der Waals surface area contributed by atoms with Gasteiger partial charge in [0.2, 0.25) is 11.8 Å². The van der Waals surface area contributed by atoms with Crippen molar-refractivity contribution in [3.05, 3.63) is 34.8 Å². The number of nitrogens with zero attached hydrogens (tertiary/aromatic N) is 3. The van der Waals surface area contributed by atoms with Gasteiger partial charge in [-0.3, -0.25) is 19.2 Å². The maximum absolute atomic E-state index is 14.7. The quantitative estimate of drug-likeness (QED) is 0.299. The lowest BCUT2D eigenvalue weighted by Crippen LogP contribution is -2.67. The highest BCUT2D eigenvalue weighted by Crippen LogP contribution is 2.78. The number of hydrogen-bond acceptors (Lipinski definition) is 6. The summed E-state index contributed by atoms with van der Waals surface area (Å²) in [6, 6.07) is 0. The van der Waals surface area contributed by atoms with E-state index in [0.717, 1.165) is 56.4 Å². The van der Waals surface area contributed by atoms with E-state index in [1.54, 1.807) is 0 Å². The van der Waals surface area contributed by atoms with Gasteiger partial charge in [-0.05, 0) is 79.1 Å². The Labute approximate surface area is 237 Å². The zero-order valence-electron chi connectivity index (χ0n) is 25.3. The summed E-state index contributed by atoms with van der Waals surface area (Å²) in [4.78, 5) is 32.1. The van der Waals surface area contributed by atoms with Gasteiger partial charge >= 0.3 is 5.72 Å². The summed E-state index contributed by atoms with van der Waals surface area (Å²) in [5, 5.41) is 8.80. The minimum Gasteiger partial charge on any atom is -0.425 e. The topological polar surface area (TPSA) is 89.9 Å². The third-order valence-corrected chi connectivity index (χ3v) is 13.6. The van der Waals surface area contributed by atoms with Crippen LogP contribution in [0.15, 0.2) is 16.1 Å². The first-order chi connectivity index (χ1) is 18.5. The van der Waals surface area contributed by atoms with Crippen LogP contribution in [-0.4, -0.2) is 33.6 Å². The first-order valence-electron chi connectivity index (χ1n) is 15.2. The minimum atomic E-state index is -1.40. The van der Waals surface area contributed by atoms with Crippen molar-refractivity contribution in [2.75, 3.05) is 0 Å². The van der Waals surface area contributed by atoms with Gasteiger partial charge < -0.3 is 4.42 Å². The van der Waals surface area contributed by atoms with E-state index >= 15 is 0 Å². The number of aryl methyl sites for hydroxylation is 1. The summed E-state index contributed by atoms with van der Waals surface area (Å²) in [6.45, 7) is 25.4. The maximum atomic E-state index is 14.7. The van der Waals surface area contributed by atoms with Crippen molar-refractivity contribution in [3.63, 3.8) is 0 Å². The molecule has 5 aliphatic carbocycles. The highest BCUT2D eigenvalue weighted by molar-refractivity contribution is 6.00. The third kappa shape index (κ3) is 2.76. The Morgan fingerprint density at radius 2 is 1.68 bits per heavy atom. The Hall–Kier alpha value is -2.33. The van der Waals surface area contributed by atoms with E-state index in [-0.39, 0.29) is 51.0 Å². The minimum absolute atomic E-state index is 0.0276. The van der Waals surface area contributed by atoms with Crippen LogP contribution >= 0.6 is 0 Å². The predicted molar refractivity (Wildman–Crippen MR) is 148 cm³/mol. The smallest absolute Gasteiger partial charge is 0.424 e. The molecule has 6 aliphatic rings. The molecular weight excluding hydrogens is 502 g/mol. The highest BCUT2D eigenvalue weighted by atomic mass is 16.6. The van der Waals surface area contributed by atoms with E-state index in [4.69, 9.17) is 15.7 Å². The van der Waals surface area contributed by atoms with Gasteiger partial charge in [-0.1, -0.05) is 54.0 Å². The monoisotopic (exact) mass is 545 g/mol. The van der Waals surface area contributed by atoms with Crippen molar-refractivity contribution in [2.24, 2.45) is 44.8 Å². The number of ether oxygens (including phenoxy) is 1. The second-order valence-electron chi connectivity index (χ2n) is 16.2. The summed E-state index contributed by atoms with van der Waals surface area (Å²) >= 11 is 0. The van der Waals surface area contributed by atoms with Crippen LogP contribution in [0.2, 0.25) is 0 Å². The van der Waals surface area contributed by atoms with E-state index in [1.807, 2.05) is 26.8 Å². The fourth-order valence-corrected chi connectivity index (χ4v) is 11.3.